The molecule has 2 rings (SSSR count). The van der Waals surface area contributed by atoms with E-state index in [1.807, 2.05) is 0 Å². The predicted octanol–water partition coefficient (Wildman–Crippen LogP) is 0.754. The highest BCUT2D eigenvalue weighted by Crippen LogP contribution is 2.62. The Morgan fingerprint density at radius 3 is 2.60 bits per heavy atom. The minimum Gasteiger partial charge on any atom is -0.301 e. The molecule has 2 heteroatoms. The molecule has 1 heterocycles. The van der Waals surface area contributed by atoms with Gasteiger partial charge in [0.1, 0.15) is 0 Å². The van der Waals surface area contributed by atoms with Crippen LogP contribution in [0.25, 0.3) is 0 Å². The maximum absolute atomic E-state index is 8.68. The SMILES string of the molecule is CC1(C)C2CN[C@H](C#N)C21. The van der Waals surface area contributed by atoms with Crippen LogP contribution in [-0.4, -0.2) is 12.6 Å². The molecule has 0 spiro atoms. The molecule has 2 nitrogen and oxygen atoms in total. The molecular formula is C8H12N2. The first-order valence-corrected chi connectivity index (χ1v) is 3.81. The Morgan fingerprint density at radius 1 is 1.60 bits per heavy atom. The Morgan fingerprint density at radius 2 is 2.30 bits per heavy atom. The highest BCUT2D eigenvalue weighted by Gasteiger charge is 2.64. The molecule has 10 heavy (non-hydrogen) atoms. The summed E-state index contributed by atoms with van der Waals surface area (Å²) in [5.41, 5.74) is 0.450. The maximum Gasteiger partial charge on any atom is 0.0990 e. The van der Waals surface area contributed by atoms with Gasteiger partial charge in [-0.2, -0.15) is 5.26 Å². The summed E-state index contributed by atoms with van der Waals surface area (Å²) in [5, 5.41) is 11.9. The van der Waals surface area contributed by atoms with Gasteiger partial charge in [0.2, 0.25) is 0 Å². The van der Waals surface area contributed by atoms with Gasteiger partial charge < -0.3 is 5.32 Å². The molecular weight excluding hydrogens is 124 g/mol. The number of fused-ring (bicyclic) bond motifs is 1. The van der Waals surface area contributed by atoms with Crippen LogP contribution in [0.2, 0.25) is 0 Å². The van der Waals surface area contributed by atoms with E-state index in [9.17, 15) is 0 Å². The molecule has 1 saturated carbocycles. The van der Waals surface area contributed by atoms with Gasteiger partial charge in [-0.3, -0.25) is 0 Å². The van der Waals surface area contributed by atoms with Crippen LogP contribution < -0.4 is 5.32 Å². The van der Waals surface area contributed by atoms with Crippen LogP contribution in [0.4, 0.5) is 0 Å². The number of rotatable bonds is 0. The van der Waals surface area contributed by atoms with Crippen LogP contribution in [0, 0.1) is 28.6 Å². The molecule has 2 aliphatic rings. The van der Waals surface area contributed by atoms with Crippen LogP contribution in [0.1, 0.15) is 13.8 Å². The Labute approximate surface area is 61.2 Å². The highest BCUT2D eigenvalue weighted by molar-refractivity contribution is 5.20. The van der Waals surface area contributed by atoms with Gasteiger partial charge in [-0.15, -0.1) is 0 Å². The maximum atomic E-state index is 8.68. The van der Waals surface area contributed by atoms with Gasteiger partial charge in [0.15, 0.2) is 0 Å². The third-order valence-electron chi connectivity index (χ3n) is 3.20. The van der Waals surface area contributed by atoms with E-state index in [1.165, 1.54) is 0 Å². The second-order valence-electron chi connectivity index (χ2n) is 3.97. The first kappa shape index (κ1) is 6.18. The fourth-order valence-electron chi connectivity index (χ4n) is 2.35. The van der Waals surface area contributed by atoms with E-state index in [1.54, 1.807) is 0 Å². The van der Waals surface area contributed by atoms with Crippen molar-refractivity contribution < 1.29 is 0 Å². The Hall–Kier alpha value is -0.550. The normalized spacial score (nSPS) is 47.9. The first-order valence-electron chi connectivity index (χ1n) is 3.81. The zero-order valence-electron chi connectivity index (χ0n) is 6.39. The summed E-state index contributed by atoms with van der Waals surface area (Å²) < 4.78 is 0. The summed E-state index contributed by atoms with van der Waals surface area (Å²) >= 11 is 0. The predicted molar refractivity (Wildman–Crippen MR) is 38.2 cm³/mol. The summed E-state index contributed by atoms with van der Waals surface area (Å²) in [6, 6.07) is 2.44. The average molecular weight is 136 g/mol. The van der Waals surface area contributed by atoms with Gasteiger partial charge in [-0.1, -0.05) is 13.8 Å². The van der Waals surface area contributed by atoms with Crippen molar-refractivity contribution >= 4 is 0 Å². The minimum absolute atomic E-state index is 0.139. The largest absolute Gasteiger partial charge is 0.301 e. The Balaban J connectivity index is 2.16. The molecule has 2 fully saturated rings. The third kappa shape index (κ3) is 0.518. The molecule has 1 aliphatic heterocycles. The smallest absolute Gasteiger partial charge is 0.0990 e. The molecule has 2 unspecified atom stereocenters. The van der Waals surface area contributed by atoms with Crippen LogP contribution >= 0.6 is 0 Å². The number of hydrogen-bond donors (Lipinski definition) is 1. The van der Waals surface area contributed by atoms with Crippen molar-refractivity contribution in [3.8, 4) is 6.07 Å². The lowest BCUT2D eigenvalue weighted by Gasteiger charge is -2.11. The van der Waals surface area contributed by atoms with Gasteiger partial charge in [0.25, 0.3) is 0 Å². The third-order valence-corrected chi connectivity index (χ3v) is 3.20. The number of nitrogens with zero attached hydrogens (tertiary/aromatic N) is 1. The fraction of sp³-hybridized carbons (Fsp3) is 0.875. The lowest BCUT2D eigenvalue weighted by atomic mass is 10.0. The number of piperidine rings is 1. The summed E-state index contributed by atoms with van der Waals surface area (Å²) in [7, 11) is 0. The monoisotopic (exact) mass is 136 g/mol. The molecule has 0 amide bonds. The second kappa shape index (κ2) is 1.54. The molecule has 0 aromatic carbocycles. The van der Waals surface area contributed by atoms with Crippen molar-refractivity contribution in [3.05, 3.63) is 0 Å². The summed E-state index contributed by atoms with van der Waals surface area (Å²) in [6.07, 6.45) is 0. The molecule has 3 atom stereocenters. The molecule has 1 saturated heterocycles. The minimum atomic E-state index is 0.139. The zero-order valence-corrected chi connectivity index (χ0v) is 6.39. The summed E-state index contributed by atoms with van der Waals surface area (Å²) in [4.78, 5) is 0. The lowest BCUT2D eigenvalue weighted by Crippen LogP contribution is -2.28. The average Bonchev–Trinajstić information content (AvgIpc) is 2.28. The van der Waals surface area contributed by atoms with E-state index in [2.05, 4.69) is 25.2 Å². The zero-order chi connectivity index (χ0) is 7.35. The van der Waals surface area contributed by atoms with Gasteiger partial charge >= 0.3 is 0 Å². The fourth-order valence-corrected chi connectivity index (χ4v) is 2.35. The summed E-state index contributed by atoms with van der Waals surface area (Å²) in [5.74, 6) is 1.41. The molecule has 1 N–H and O–H groups in total. The van der Waals surface area contributed by atoms with Crippen molar-refractivity contribution in [2.75, 3.05) is 6.54 Å². The Kier molecular flexibility index (Phi) is 0.952. The van der Waals surface area contributed by atoms with Crippen molar-refractivity contribution in [2.24, 2.45) is 17.3 Å². The molecule has 0 aromatic heterocycles. The van der Waals surface area contributed by atoms with Crippen LogP contribution in [0.3, 0.4) is 0 Å². The van der Waals surface area contributed by atoms with E-state index in [-0.39, 0.29) is 6.04 Å². The van der Waals surface area contributed by atoms with Crippen molar-refractivity contribution in [3.63, 3.8) is 0 Å². The number of nitrogens with one attached hydrogen (secondary N) is 1. The van der Waals surface area contributed by atoms with E-state index >= 15 is 0 Å². The number of hydrogen-bond acceptors (Lipinski definition) is 2. The first-order chi connectivity index (χ1) is 4.68. The molecule has 0 radical (unpaired) electrons. The topological polar surface area (TPSA) is 35.8 Å². The molecule has 0 aromatic rings. The van der Waals surface area contributed by atoms with Crippen molar-refractivity contribution in [1.82, 2.24) is 5.32 Å². The van der Waals surface area contributed by atoms with E-state index < -0.39 is 0 Å². The van der Waals surface area contributed by atoms with Crippen LogP contribution in [0.5, 0.6) is 0 Å². The van der Waals surface area contributed by atoms with Gasteiger partial charge in [-0.05, 0) is 17.3 Å². The van der Waals surface area contributed by atoms with Crippen LogP contribution in [0.15, 0.2) is 0 Å². The van der Waals surface area contributed by atoms with Crippen molar-refractivity contribution in [1.29, 1.82) is 5.26 Å². The van der Waals surface area contributed by atoms with E-state index in [0.717, 1.165) is 12.5 Å². The standard InChI is InChI=1S/C8H12N2/c1-8(2)5-4-10-6(3-9)7(5)8/h5-7,10H,4H2,1-2H3/t5?,6-,7?/m1/s1. The van der Waals surface area contributed by atoms with Gasteiger partial charge in [-0.25, -0.2) is 0 Å². The quantitative estimate of drug-likeness (QED) is 0.533. The molecule has 0 bridgehead atoms. The molecule has 54 valence electrons. The second-order valence-corrected chi connectivity index (χ2v) is 3.97. The van der Waals surface area contributed by atoms with Crippen molar-refractivity contribution in [2.45, 2.75) is 19.9 Å². The van der Waals surface area contributed by atoms with Gasteiger partial charge in [0, 0.05) is 6.54 Å². The van der Waals surface area contributed by atoms with Crippen LogP contribution in [-0.2, 0) is 0 Å². The Bertz CT molecular complexity index is 202. The van der Waals surface area contributed by atoms with E-state index in [0.29, 0.717) is 11.3 Å². The molecule has 1 aliphatic carbocycles. The highest BCUT2D eigenvalue weighted by atomic mass is 15.0. The van der Waals surface area contributed by atoms with Gasteiger partial charge in [0.05, 0.1) is 12.1 Å². The number of nitriles is 1. The summed E-state index contributed by atoms with van der Waals surface area (Å²) in [6.45, 7) is 5.57. The lowest BCUT2D eigenvalue weighted by molar-refractivity contribution is 0.442. The van der Waals surface area contributed by atoms with E-state index in [4.69, 9.17) is 5.26 Å².